The van der Waals surface area contributed by atoms with E-state index < -0.39 is 16.7 Å². The molecule has 0 bridgehead atoms. The fraction of sp³-hybridized carbons (Fsp3) is 0.382. The molecule has 0 saturated heterocycles. The Morgan fingerprint density at radius 2 is 2.02 bits per heavy atom. The first kappa shape index (κ1) is 29.3. The molecule has 2 amide bonds. The molecule has 2 atom stereocenters. The lowest BCUT2D eigenvalue weighted by Crippen LogP contribution is -2.80. The smallest absolute Gasteiger partial charge is 0.251 e. The molecule has 4 aliphatic rings. The number of fused-ring (bicyclic) bond motifs is 1. The molecule has 10 nitrogen and oxygen atoms in total. The lowest BCUT2D eigenvalue weighted by atomic mass is 9.82. The average Bonchev–Trinajstić information content (AvgIpc) is 3.97. The predicted octanol–water partition coefficient (Wildman–Crippen LogP) is 2.76. The number of allylic oxidation sites excluding steroid dienone is 2. The summed E-state index contributed by atoms with van der Waals surface area (Å²) >= 11 is 0. The van der Waals surface area contributed by atoms with Crippen LogP contribution in [0.5, 0.6) is 5.75 Å². The molecule has 2 aromatic rings. The Kier molecular flexibility index (Phi) is 7.38. The molecule has 0 unspecified atom stereocenters. The summed E-state index contributed by atoms with van der Waals surface area (Å²) in [5, 5.41) is 23.1. The fourth-order valence-electron chi connectivity index (χ4n) is 5.63. The molecule has 10 heteroatoms. The van der Waals surface area contributed by atoms with Crippen LogP contribution < -0.4 is 21.1 Å². The highest BCUT2D eigenvalue weighted by Crippen LogP contribution is 2.49. The second kappa shape index (κ2) is 11.1. The van der Waals surface area contributed by atoms with Crippen LogP contribution in [0.2, 0.25) is 0 Å². The van der Waals surface area contributed by atoms with E-state index in [-0.39, 0.29) is 30.7 Å². The van der Waals surface area contributed by atoms with Crippen LogP contribution >= 0.6 is 0 Å². The van der Waals surface area contributed by atoms with Crippen LogP contribution in [0.1, 0.15) is 62.3 Å². The summed E-state index contributed by atoms with van der Waals surface area (Å²) in [7, 11) is 1.49. The quantitative estimate of drug-likeness (QED) is 0.330. The van der Waals surface area contributed by atoms with Gasteiger partial charge in [-0.15, -0.1) is 0 Å². The number of benzene rings is 1. The van der Waals surface area contributed by atoms with E-state index in [1.165, 1.54) is 7.11 Å². The molecule has 2 fully saturated rings. The van der Waals surface area contributed by atoms with Crippen LogP contribution in [0.25, 0.3) is 11.3 Å². The van der Waals surface area contributed by atoms with Gasteiger partial charge in [-0.25, -0.2) is 4.98 Å². The Balaban J connectivity index is 1.26. The molecule has 44 heavy (non-hydrogen) atoms. The molecule has 2 heterocycles. The van der Waals surface area contributed by atoms with Crippen molar-refractivity contribution in [1.82, 2.24) is 10.3 Å². The summed E-state index contributed by atoms with van der Waals surface area (Å²) in [6, 6.07) is 12.6. The molecular weight excluding hydrogens is 556 g/mol. The predicted molar refractivity (Wildman–Crippen MR) is 164 cm³/mol. The SMILES string of the molecule is COC1=CC(C(=O)NC[C@@H](C)c2cc3c(c(-c4ccc(C5(C#N)CC5)cc4)n2)OC[C@]3(C)C(N)=O)=C/C(=C/[NH2+]C2CC2)C1=N. The number of amides is 2. The summed E-state index contributed by atoms with van der Waals surface area (Å²) in [5.74, 6) is -0.136. The van der Waals surface area contributed by atoms with Crippen molar-refractivity contribution in [2.24, 2.45) is 5.73 Å². The van der Waals surface area contributed by atoms with Gasteiger partial charge < -0.3 is 25.8 Å². The number of methoxy groups -OCH3 is 1. The second-order valence-electron chi connectivity index (χ2n) is 12.5. The standard InChI is InChI=1S/C34H36N6O4/c1-19(15-39-31(41)21-12-22(16-38-24-8-9-24)28(36)27(13-21)43-3)26-14-25-30(44-18-33(25,2)32(37)42)29(40-26)20-4-6-23(7-5-20)34(17-35)10-11-34/h4-7,12-14,16,19,24,36,38H,8-11,15,18H2,1-3H3,(H2,37,42)(H,39,41)/p+1/b22-16-,36-28?/t19-,33+/m1/s1. The van der Waals surface area contributed by atoms with Gasteiger partial charge in [-0.2, -0.15) is 5.26 Å². The topological polar surface area (TPSA) is 168 Å². The number of hydrogen-bond acceptors (Lipinski definition) is 7. The van der Waals surface area contributed by atoms with E-state index in [1.807, 2.05) is 43.5 Å². The largest absolute Gasteiger partial charge is 0.494 e. The molecule has 1 aromatic carbocycles. The lowest BCUT2D eigenvalue weighted by molar-refractivity contribution is -0.602. The average molecular weight is 594 g/mol. The number of nitrogens with zero attached hydrogens (tertiary/aromatic N) is 2. The minimum atomic E-state index is -1.03. The number of carbonyl (C=O) groups excluding carboxylic acids is 2. The first-order chi connectivity index (χ1) is 21.1. The molecule has 226 valence electrons. The van der Waals surface area contributed by atoms with Crippen LogP contribution in [-0.4, -0.2) is 48.8 Å². The second-order valence-corrected chi connectivity index (χ2v) is 12.5. The maximum absolute atomic E-state index is 13.3. The van der Waals surface area contributed by atoms with Crippen molar-refractivity contribution in [2.75, 3.05) is 20.3 Å². The first-order valence-electron chi connectivity index (χ1n) is 15.0. The highest BCUT2D eigenvalue weighted by molar-refractivity contribution is 6.15. The monoisotopic (exact) mass is 593 g/mol. The van der Waals surface area contributed by atoms with E-state index in [4.69, 9.17) is 25.6 Å². The van der Waals surface area contributed by atoms with Crippen molar-refractivity contribution in [3.05, 3.63) is 82.4 Å². The van der Waals surface area contributed by atoms with Gasteiger partial charge in [0.25, 0.3) is 5.91 Å². The number of pyridine rings is 1. The zero-order chi connectivity index (χ0) is 31.2. The number of hydrogen-bond donors (Lipinski definition) is 4. The van der Waals surface area contributed by atoms with Gasteiger partial charge in [-0.1, -0.05) is 31.2 Å². The molecule has 6 rings (SSSR count). The van der Waals surface area contributed by atoms with Gasteiger partial charge in [0, 0.05) is 47.7 Å². The number of primary amides is 1. The highest BCUT2D eigenvalue weighted by Gasteiger charge is 2.46. The number of ether oxygens (including phenoxy) is 2. The van der Waals surface area contributed by atoms with E-state index in [2.05, 4.69) is 16.7 Å². The number of rotatable bonds is 10. The van der Waals surface area contributed by atoms with E-state index in [1.54, 1.807) is 19.1 Å². The van der Waals surface area contributed by atoms with E-state index in [0.29, 0.717) is 45.6 Å². The Morgan fingerprint density at radius 1 is 1.30 bits per heavy atom. The molecule has 1 aromatic heterocycles. The first-order valence-corrected chi connectivity index (χ1v) is 15.0. The van der Waals surface area contributed by atoms with Crippen molar-refractivity contribution < 1.29 is 24.4 Å². The Bertz CT molecular complexity index is 1690. The van der Waals surface area contributed by atoms with Crippen molar-refractivity contribution in [2.45, 2.75) is 62.3 Å². The van der Waals surface area contributed by atoms with Gasteiger partial charge in [-0.05, 0) is 43.5 Å². The lowest BCUT2D eigenvalue weighted by Gasteiger charge is -2.21. The molecular formula is C34H37N6O4+. The minimum absolute atomic E-state index is 0.113. The third-order valence-electron chi connectivity index (χ3n) is 9.17. The Hall–Kier alpha value is -4.75. The van der Waals surface area contributed by atoms with Gasteiger partial charge in [0.15, 0.2) is 0 Å². The Labute approximate surface area is 256 Å². The third-order valence-corrected chi connectivity index (χ3v) is 9.17. The zero-order valence-corrected chi connectivity index (χ0v) is 25.2. The van der Waals surface area contributed by atoms with Gasteiger partial charge in [0.05, 0.1) is 30.2 Å². The van der Waals surface area contributed by atoms with Crippen LogP contribution in [0.4, 0.5) is 0 Å². The molecule has 0 spiro atoms. The van der Waals surface area contributed by atoms with E-state index in [9.17, 15) is 14.9 Å². The number of carbonyl (C=O) groups is 2. The van der Waals surface area contributed by atoms with Crippen molar-refractivity contribution >= 4 is 17.5 Å². The number of aromatic nitrogens is 1. The van der Waals surface area contributed by atoms with E-state index >= 15 is 0 Å². The molecule has 2 saturated carbocycles. The van der Waals surface area contributed by atoms with Crippen molar-refractivity contribution in [3.63, 3.8) is 0 Å². The van der Waals surface area contributed by atoms with Gasteiger partial charge in [0.2, 0.25) is 5.91 Å². The van der Waals surface area contributed by atoms with Gasteiger partial charge in [-0.3, -0.25) is 15.0 Å². The van der Waals surface area contributed by atoms with E-state index in [0.717, 1.165) is 36.8 Å². The maximum atomic E-state index is 13.3. The number of nitrogens with one attached hydrogen (secondary N) is 2. The summed E-state index contributed by atoms with van der Waals surface area (Å²) < 4.78 is 11.4. The van der Waals surface area contributed by atoms with Gasteiger partial charge in [0.1, 0.15) is 41.1 Å². The number of nitrogens with two attached hydrogens (primary N) is 2. The Morgan fingerprint density at radius 3 is 2.64 bits per heavy atom. The summed E-state index contributed by atoms with van der Waals surface area (Å²) in [4.78, 5) is 30.8. The summed E-state index contributed by atoms with van der Waals surface area (Å²) in [5.41, 5.74) is 9.45. The third kappa shape index (κ3) is 5.28. The normalized spacial score (nSPS) is 23.0. The van der Waals surface area contributed by atoms with Crippen molar-refractivity contribution in [1.29, 1.82) is 10.7 Å². The maximum Gasteiger partial charge on any atom is 0.251 e. The zero-order valence-electron chi connectivity index (χ0n) is 25.2. The van der Waals surface area contributed by atoms with Crippen molar-refractivity contribution in [3.8, 4) is 23.1 Å². The number of nitriles is 1. The van der Waals surface area contributed by atoms with Crippen LogP contribution in [0.3, 0.4) is 0 Å². The summed E-state index contributed by atoms with van der Waals surface area (Å²) in [6.45, 7) is 4.12. The molecule has 3 aliphatic carbocycles. The minimum Gasteiger partial charge on any atom is -0.494 e. The fourth-order valence-corrected chi connectivity index (χ4v) is 5.63. The molecule has 0 radical (unpaired) electrons. The number of quaternary nitrogens is 1. The van der Waals surface area contributed by atoms with Crippen LogP contribution in [0, 0.1) is 16.7 Å². The van der Waals surface area contributed by atoms with Crippen LogP contribution in [0.15, 0.2) is 65.6 Å². The summed E-state index contributed by atoms with van der Waals surface area (Å²) in [6.07, 6.45) is 9.20. The van der Waals surface area contributed by atoms with Crippen LogP contribution in [-0.2, 0) is 25.2 Å². The molecule has 1 aliphatic heterocycles. The van der Waals surface area contributed by atoms with Gasteiger partial charge >= 0.3 is 0 Å². The molecule has 6 N–H and O–H groups in total. The highest BCUT2D eigenvalue weighted by atomic mass is 16.5.